The number of non-ortho nitro benzene ring substituents is 1. The lowest BCUT2D eigenvalue weighted by Crippen LogP contribution is -2.52. The van der Waals surface area contributed by atoms with Crippen molar-refractivity contribution in [2.45, 2.75) is 50.7 Å². The lowest BCUT2D eigenvalue weighted by atomic mass is 10.1. The predicted molar refractivity (Wildman–Crippen MR) is 153 cm³/mol. The number of benzene rings is 3. The first-order valence-electron chi connectivity index (χ1n) is 12.6. The third-order valence-electron chi connectivity index (χ3n) is 6.41. The van der Waals surface area contributed by atoms with E-state index in [4.69, 9.17) is 11.6 Å². The van der Waals surface area contributed by atoms with E-state index in [0.29, 0.717) is 17.0 Å². The van der Waals surface area contributed by atoms with Gasteiger partial charge in [-0.3, -0.25) is 24.0 Å². The van der Waals surface area contributed by atoms with E-state index in [9.17, 15) is 28.1 Å². The third kappa shape index (κ3) is 7.36. The first kappa shape index (κ1) is 30.6. The zero-order chi connectivity index (χ0) is 29.4. The smallest absolute Gasteiger partial charge is 0.271 e. The van der Waals surface area contributed by atoms with Gasteiger partial charge in [-0.25, -0.2) is 8.42 Å². The molecule has 0 spiro atoms. The molecule has 12 heteroatoms. The summed E-state index contributed by atoms with van der Waals surface area (Å²) in [4.78, 5) is 38.9. The van der Waals surface area contributed by atoms with E-state index >= 15 is 0 Å². The topological polar surface area (TPSA) is 130 Å². The maximum absolute atomic E-state index is 13.9. The predicted octanol–water partition coefficient (Wildman–Crippen LogP) is 4.78. The van der Waals surface area contributed by atoms with E-state index in [1.54, 1.807) is 37.3 Å². The molecule has 3 rings (SSSR count). The molecule has 2 amide bonds. The van der Waals surface area contributed by atoms with Gasteiger partial charge in [-0.1, -0.05) is 61.0 Å². The van der Waals surface area contributed by atoms with E-state index in [1.165, 1.54) is 47.4 Å². The quantitative estimate of drug-likeness (QED) is 0.240. The van der Waals surface area contributed by atoms with Crippen molar-refractivity contribution in [2.75, 3.05) is 10.8 Å². The highest BCUT2D eigenvalue weighted by Crippen LogP contribution is 2.28. The number of nitro groups is 1. The summed E-state index contributed by atoms with van der Waals surface area (Å²) in [6.45, 7) is 4.51. The van der Waals surface area contributed by atoms with Gasteiger partial charge < -0.3 is 10.2 Å². The van der Waals surface area contributed by atoms with Crippen molar-refractivity contribution in [1.82, 2.24) is 10.2 Å². The van der Waals surface area contributed by atoms with Crippen LogP contribution in [0.15, 0.2) is 83.8 Å². The van der Waals surface area contributed by atoms with Crippen LogP contribution in [-0.4, -0.2) is 48.7 Å². The number of nitrogens with zero attached hydrogens (tertiary/aromatic N) is 3. The fourth-order valence-electron chi connectivity index (χ4n) is 3.87. The summed E-state index contributed by atoms with van der Waals surface area (Å²) in [5.41, 5.74) is 0.154. The van der Waals surface area contributed by atoms with E-state index < -0.39 is 39.3 Å². The second-order valence-electron chi connectivity index (χ2n) is 9.21. The summed E-state index contributed by atoms with van der Waals surface area (Å²) in [5, 5.41) is 14.7. The lowest BCUT2D eigenvalue weighted by molar-refractivity contribution is -0.384. The Morgan fingerprint density at radius 1 is 1.00 bits per heavy atom. The third-order valence-corrected chi connectivity index (χ3v) is 8.56. The van der Waals surface area contributed by atoms with Crippen LogP contribution in [0, 0.1) is 10.1 Å². The first-order chi connectivity index (χ1) is 18.9. The largest absolute Gasteiger partial charge is 0.352 e. The number of anilines is 1. The minimum atomic E-state index is -4.34. The van der Waals surface area contributed by atoms with Crippen LogP contribution in [0.1, 0.15) is 32.8 Å². The highest BCUT2D eigenvalue weighted by atomic mass is 35.5. The zero-order valence-electron chi connectivity index (χ0n) is 22.4. The van der Waals surface area contributed by atoms with Gasteiger partial charge in [0.1, 0.15) is 12.6 Å². The van der Waals surface area contributed by atoms with Gasteiger partial charge in [-0.2, -0.15) is 0 Å². The van der Waals surface area contributed by atoms with Crippen LogP contribution >= 0.6 is 11.6 Å². The fourth-order valence-corrected chi connectivity index (χ4v) is 5.49. The molecule has 0 fully saturated rings. The van der Waals surface area contributed by atoms with Crippen molar-refractivity contribution in [1.29, 1.82) is 0 Å². The lowest BCUT2D eigenvalue weighted by Gasteiger charge is -2.32. The summed E-state index contributed by atoms with van der Waals surface area (Å²) >= 11 is 6.36. The second kappa shape index (κ2) is 13.4. The molecule has 0 aromatic heterocycles. The number of carbonyl (C=O) groups excluding carboxylic acids is 2. The van der Waals surface area contributed by atoms with Crippen LogP contribution in [0.2, 0.25) is 5.02 Å². The highest BCUT2D eigenvalue weighted by Gasteiger charge is 2.33. The number of nitro benzene ring substituents is 1. The van der Waals surface area contributed by atoms with Crippen molar-refractivity contribution in [3.05, 3.63) is 99.6 Å². The van der Waals surface area contributed by atoms with Gasteiger partial charge in [0, 0.05) is 29.7 Å². The molecule has 0 aliphatic heterocycles. The highest BCUT2D eigenvalue weighted by molar-refractivity contribution is 7.92. The molecule has 0 heterocycles. The Labute approximate surface area is 238 Å². The Kier molecular flexibility index (Phi) is 10.2. The Bertz CT molecular complexity index is 1470. The number of nitrogens with one attached hydrogen (secondary N) is 1. The SMILES string of the molecule is CCC(C)NC(=O)C(C)N(Cc1ccccc1Cl)C(=O)CN(c1cccc([N+](=O)[O-])c1)S(=O)(=O)c1ccccc1. The van der Waals surface area contributed by atoms with Gasteiger partial charge >= 0.3 is 0 Å². The van der Waals surface area contributed by atoms with Gasteiger partial charge in [0.2, 0.25) is 11.8 Å². The normalized spacial score (nSPS) is 12.7. The molecule has 0 aliphatic rings. The van der Waals surface area contributed by atoms with Gasteiger partial charge in [0.25, 0.3) is 15.7 Å². The molecule has 3 aromatic carbocycles. The molecule has 0 radical (unpaired) electrons. The molecule has 0 aliphatic carbocycles. The molecule has 212 valence electrons. The average Bonchev–Trinajstić information content (AvgIpc) is 2.95. The maximum atomic E-state index is 13.9. The Balaban J connectivity index is 2.07. The van der Waals surface area contributed by atoms with E-state index in [0.717, 1.165) is 10.4 Å². The number of hydrogen-bond donors (Lipinski definition) is 1. The molecular formula is C28H31ClN4O6S. The molecular weight excluding hydrogens is 556 g/mol. The van der Waals surface area contributed by atoms with E-state index in [-0.39, 0.29) is 28.9 Å². The number of carbonyl (C=O) groups is 2. The van der Waals surface area contributed by atoms with Crippen molar-refractivity contribution >= 4 is 44.8 Å². The van der Waals surface area contributed by atoms with Crippen LogP contribution in [0.4, 0.5) is 11.4 Å². The van der Waals surface area contributed by atoms with E-state index in [2.05, 4.69) is 5.32 Å². The molecule has 0 saturated carbocycles. The van der Waals surface area contributed by atoms with Gasteiger partial charge in [0.05, 0.1) is 15.5 Å². The number of sulfonamides is 1. The molecule has 3 aromatic rings. The maximum Gasteiger partial charge on any atom is 0.271 e. The minimum absolute atomic E-state index is 0.0677. The average molecular weight is 587 g/mol. The molecule has 40 heavy (non-hydrogen) atoms. The molecule has 2 atom stereocenters. The standard InChI is InChI=1S/C28H31ClN4O6S/c1-4-20(2)30-28(35)21(3)31(18-22-11-8-9-16-26(22)29)27(34)19-32(23-12-10-13-24(17-23)33(36)37)40(38,39)25-14-6-5-7-15-25/h5-17,20-21H,4,18-19H2,1-3H3,(H,30,35). The molecule has 1 N–H and O–H groups in total. The number of hydrogen-bond acceptors (Lipinski definition) is 6. The Morgan fingerprint density at radius 2 is 1.65 bits per heavy atom. The molecule has 2 unspecified atom stereocenters. The number of rotatable bonds is 12. The summed E-state index contributed by atoms with van der Waals surface area (Å²) < 4.78 is 28.3. The van der Waals surface area contributed by atoms with E-state index in [1.807, 2.05) is 13.8 Å². The van der Waals surface area contributed by atoms with Crippen molar-refractivity contribution in [3.8, 4) is 0 Å². The second-order valence-corrected chi connectivity index (χ2v) is 11.5. The Hall–Kier alpha value is -3.96. The summed E-state index contributed by atoms with van der Waals surface area (Å²) in [7, 11) is -4.34. The summed E-state index contributed by atoms with van der Waals surface area (Å²) in [6.07, 6.45) is 0.673. The zero-order valence-corrected chi connectivity index (χ0v) is 23.9. The first-order valence-corrected chi connectivity index (χ1v) is 14.4. The van der Waals surface area contributed by atoms with Gasteiger partial charge in [-0.15, -0.1) is 0 Å². The van der Waals surface area contributed by atoms with Crippen molar-refractivity contribution in [3.63, 3.8) is 0 Å². The van der Waals surface area contributed by atoms with Crippen molar-refractivity contribution < 1.29 is 22.9 Å². The van der Waals surface area contributed by atoms with Crippen LogP contribution in [0.3, 0.4) is 0 Å². The molecule has 10 nitrogen and oxygen atoms in total. The van der Waals surface area contributed by atoms with Crippen LogP contribution in [0.25, 0.3) is 0 Å². The molecule has 0 saturated heterocycles. The van der Waals surface area contributed by atoms with Crippen molar-refractivity contribution in [2.24, 2.45) is 0 Å². The summed E-state index contributed by atoms with van der Waals surface area (Å²) in [6, 6.07) is 18.2. The van der Waals surface area contributed by atoms with Crippen LogP contribution in [-0.2, 0) is 26.2 Å². The van der Waals surface area contributed by atoms with Gasteiger partial charge in [0.15, 0.2) is 0 Å². The fraction of sp³-hybridized carbons (Fsp3) is 0.286. The monoisotopic (exact) mass is 586 g/mol. The van der Waals surface area contributed by atoms with Crippen LogP contribution in [0.5, 0.6) is 0 Å². The number of amides is 2. The number of halogens is 1. The van der Waals surface area contributed by atoms with Gasteiger partial charge in [-0.05, 0) is 50.1 Å². The summed E-state index contributed by atoms with van der Waals surface area (Å²) in [5.74, 6) is -1.11. The Morgan fingerprint density at radius 3 is 2.27 bits per heavy atom. The minimum Gasteiger partial charge on any atom is -0.352 e. The molecule has 0 bridgehead atoms. The van der Waals surface area contributed by atoms with Crippen LogP contribution < -0.4 is 9.62 Å².